The van der Waals surface area contributed by atoms with Crippen molar-refractivity contribution >= 4 is 29.0 Å². The summed E-state index contributed by atoms with van der Waals surface area (Å²) in [7, 11) is 0. The Kier molecular flexibility index (Phi) is 4.71. The predicted molar refractivity (Wildman–Crippen MR) is 110 cm³/mol. The van der Waals surface area contributed by atoms with Crippen LogP contribution in [-0.2, 0) is 9.53 Å². The Hall–Kier alpha value is -3.25. The summed E-state index contributed by atoms with van der Waals surface area (Å²) in [6, 6.07) is 9.72. The fourth-order valence-electron chi connectivity index (χ4n) is 4.27. The van der Waals surface area contributed by atoms with Gasteiger partial charge in [0.05, 0.1) is 19.3 Å². The van der Waals surface area contributed by atoms with Crippen LogP contribution in [-0.4, -0.2) is 53.9 Å². The SMILES string of the molecule is N#C[C@@]1(C2CC2)CCN(c2ccnc(Nc3ccc(N4CCOCC4)nn3)c2)C1=O. The summed E-state index contributed by atoms with van der Waals surface area (Å²) >= 11 is 0. The van der Waals surface area contributed by atoms with Gasteiger partial charge in [-0.05, 0) is 43.4 Å². The summed E-state index contributed by atoms with van der Waals surface area (Å²) in [5.74, 6) is 2.10. The normalized spacial score (nSPS) is 24.0. The molecule has 154 valence electrons. The summed E-state index contributed by atoms with van der Waals surface area (Å²) < 4.78 is 5.37. The van der Waals surface area contributed by atoms with E-state index in [1.807, 2.05) is 18.2 Å². The van der Waals surface area contributed by atoms with E-state index in [2.05, 4.69) is 31.5 Å². The van der Waals surface area contributed by atoms with Gasteiger partial charge in [-0.25, -0.2) is 4.98 Å². The van der Waals surface area contributed by atoms with E-state index in [9.17, 15) is 10.1 Å². The highest BCUT2D eigenvalue weighted by molar-refractivity contribution is 6.02. The van der Waals surface area contributed by atoms with E-state index in [4.69, 9.17) is 4.74 Å². The topological polar surface area (TPSA) is 107 Å². The molecule has 2 aromatic rings. The molecular weight excluding hydrogens is 382 g/mol. The third-order valence-corrected chi connectivity index (χ3v) is 6.13. The highest BCUT2D eigenvalue weighted by Gasteiger charge is 2.56. The molecule has 1 aliphatic carbocycles. The average molecular weight is 405 g/mol. The van der Waals surface area contributed by atoms with Crippen molar-refractivity contribution in [3.63, 3.8) is 0 Å². The number of ether oxygens (including phenoxy) is 1. The van der Waals surface area contributed by atoms with Crippen LogP contribution < -0.4 is 15.1 Å². The molecule has 9 nitrogen and oxygen atoms in total. The lowest BCUT2D eigenvalue weighted by molar-refractivity contribution is -0.123. The minimum atomic E-state index is -0.850. The van der Waals surface area contributed by atoms with Crippen LogP contribution >= 0.6 is 0 Å². The standard InChI is InChI=1S/C21H23N7O2/c22-14-21(15-1-2-15)6-8-28(20(21)29)16-5-7-23-18(13-16)24-17-3-4-19(26-25-17)27-9-11-30-12-10-27/h3-5,7,13,15H,1-2,6,8-12H2,(H,23,24,25)/t21-/m1/s1. The number of aromatic nitrogens is 3. The van der Waals surface area contributed by atoms with E-state index in [1.54, 1.807) is 17.2 Å². The van der Waals surface area contributed by atoms with Gasteiger partial charge in [0, 0.05) is 37.6 Å². The Morgan fingerprint density at radius 3 is 2.67 bits per heavy atom. The number of carbonyl (C=O) groups excluding carboxylic acids is 1. The molecule has 2 aliphatic heterocycles. The Morgan fingerprint density at radius 1 is 1.13 bits per heavy atom. The second kappa shape index (κ2) is 7.54. The highest BCUT2D eigenvalue weighted by Crippen LogP contribution is 2.51. The zero-order valence-corrected chi connectivity index (χ0v) is 16.6. The number of rotatable bonds is 5. The molecular formula is C21H23N7O2. The first-order chi connectivity index (χ1) is 14.7. The summed E-state index contributed by atoms with van der Waals surface area (Å²) in [4.78, 5) is 21.2. The van der Waals surface area contributed by atoms with E-state index in [1.165, 1.54) is 0 Å². The van der Waals surface area contributed by atoms with Crippen LogP contribution in [0.2, 0.25) is 0 Å². The van der Waals surface area contributed by atoms with Crippen molar-refractivity contribution in [2.75, 3.05) is 48.0 Å². The van der Waals surface area contributed by atoms with E-state index < -0.39 is 5.41 Å². The first-order valence-electron chi connectivity index (χ1n) is 10.3. The van der Waals surface area contributed by atoms with Crippen LogP contribution in [0.15, 0.2) is 30.5 Å². The van der Waals surface area contributed by atoms with Crippen molar-refractivity contribution in [1.29, 1.82) is 5.26 Å². The molecule has 0 aromatic carbocycles. The molecule has 3 fully saturated rings. The average Bonchev–Trinajstić information content (AvgIpc) is 3.59. The van der Waals surface area contributed by atoms with Gasteiger partial charge in [-0.15, -0.1) is 10.2 Å². The van der Waals surface area contributed by atoms with Gasteiger partial charge in [-0.3, -0.25) is 4.79 Å². The maximum atomic E-state index is 13.0. The number of nitrogens with one attached hydrogen (secondary N) is 1. The number of hydrogen-bond acceptors (Lipinski definition) is 8. The quantitative estimate of drug-likeness (QED) is 0.806. The van der Waals surface area contributed by atoms with Crippen LogP contribution in [0.4, 0.5) is 23.1 Å². The number of amides is 1. The third-order valence-electron chi connectivity index (χ3n) is 6.13. The minimum Gasteiger partial charge on any atom is -0.378 e. The molecule has 4 heterocycles. The van der Waals surface area contributed by atoms with Crippen molar-refractivity contribution in [3.8, 4) is 6.07 Å². The first-order valence-corrected chi connectivity index (χ1v) is 10.3. The molecule has 3 aliphatic rings. The van der Waals surface area contributed by atoms with Crippen molar-refractivity contribution in [2.24, 2.45) is 11.3 Å². The molecule has 0 unspecified atom stereocenters. The Bertz CT molecular complexity index is 980. The maximum absolute atomic E-state index is 13.0. The maximum Gasteiger partial charge on any atom is 0.247 e. The van der Waals surface area contributed by atoms with Gasteiger partial charge in [-0.2, -0.15) is 5.26 Å². The van der Waals surface area contributed by atoms with Gasteiger partial charge < -0.3 is 19.9 Å². The van der Waals surface area contributed by atoms with Crippen molar-refractivity contribution in [2.45, 2.75) is 19.3 Å². The number of morpholine rings is 1. The van der Waals surface area contributed by atoms with E-state index in [-0.39, 0.29) is 11.8 Å². The largest absolute Gasteiger partial charge is 0.378 e. The van der Waals surface area contributed by atoms with Crippen molar-refractivity contribution in [1.82, 2.24) is 15.2 Å². The minimum absolute atomic E-state index is 0.0840. The fraction of sp³-hybridized carbons (Fsp3) is 0.476. The lowest BCUT2D eigenvalue weighted by atomic mass is 9.83. The second-order valence-corrected chi connectivity index (χ2v) is 7.96. The van der Waals surface area contributed by atoms with Crippen molar-refractivity contribution < 1.29 is 9.53 Å². The van der Waals surface area contributed by atoms with E-state index in [0.29, 0.717) is 37.8 Å². The van der Waals surface area contributed by atoms with E-state index in [0.717, 1.165) is 37.4 Å². The molecule has 0 bridgehead atoms. The smallest absolute Gasteiger partial charge is 0.247 e. The van der Waals surface area contributed by atoms with Crippen LogP contribution in [0.25, 0.3) is 0 Å². The summed E-state index contributed by atoms with van der Waals surface area (Å²) in [6.07, 6.45) is 4.18. The fourth-order valence-corrected chi connectivity index (χ4v) is 4.27. The summed E-state index contributed by atoms with van der Waals surface area (Å²) in [5, 5.41) is 21.4. The number of nitriles is 1. The number of anilines is 4. The van der Waals surface area contributed by atoms with Gasteiger partial charge in [0.1, 0.15) is 11.2 Å². The Labute approximate surface area is 174 Å². The Balaban J connectivity index is 1.30. The molecule has 0 radical (unpaired) electrons. The second-order valence-electron chi connectivity index (χ2n) is 7.96. The van der Waals surface area contributed by atoms with Gasteiger partial charge in [0.2, 0.25) is 5.91 Å². The lowest BCUT2D eigenvalue weighted by Crippen LogP contribution is -2.36. The molecule has 2 aromatic heterocycles. The van der Waals surface area contributed by atoms with Gasteiger partial charge >= 0.3 is 0 Å². The molecule has 1 saturated carbocycles. The Morgan fingerprint density at radius 2 is 1.97 bits per heavy atom. The molecule has 1 atom stereocenters. The number of carbonyl (C=O) groups is 1. The highest BCUT2D eigenvalue weighted by atomic mass is 16.5. The molecule has 2 saturated heterocycles. The zero-order chi connectivity index (χ0) is 20.6. The predicted octanol–water partition coefficient (Wildman–Crippen LogP) is 2.11. The van der Waals surface area contributed by atoms with Crippen LogP contribution in [0, 0.1) is 22.7 Å². The molecule has 5 rings (SSSR count). The lowest BCUT2D eigenvalue weighted by Gasteiger charge is -2.27. The van der Waals surface area contributed by atoms with E-state index >= 15 is 0 Å². The molecule has 30 heavy (non-hydrogen) atoms. The molecule has 9 heteroatoms. The third kappa shape index (κ3) is 3.33. The number of pyridine rings is 1. The zero-order valence-electron chi connectivity index (χ0n) is 16.6. The van der Waals surface area contributed by atoms with Crippen molar-refractivity contribution in [3.05, 3.63) is 30.5 Å². The van der Waals surface area contributed by atoms with Gasteiger partial charge in [0.15, 0.2) is 11.6 Å². The first kappa shape index (κ1) is 18.8. The monoisotopic (exact) mass is 405 g/mol. The van der Waals surface area contributed by atoms with Gasteiger partial charge in [-0.1, -0.05) is 0 Å². The molecule has 1 N–H and O–H groups in total. The number of hydrogen-bond donors (Lipinski definition) is 1. The van der Waals surface area contributed by atoms with Crippen LogP contribution in [0.3, 0.4) is 0 Å². The molecule has 0 spiro atoms. The van der Waals surface area contributed by atoms with Crippen LogP contribution in [0.5, 0.6) is 0 Å². The van der Waals surface area contributed by atoms with Gasteiger partial charge in [0.25, 0.3) is 0 Å². The number of nitrogens with zero attached hydrogens (tertiary/aromatic N) is 6. The molecule has 1 amide bonds. The summed E-state index contributed by atoms with van der Waals surface area (Å²) in [6.45, 7) is 3.56. The summed E-state index contributed by atoms with van der Waals surface area (Å²) in [5.41, 5.74) is -0.106. The van der Waals surface area contributed by atoms with Crippen LogP contribution in [0.1, 0.15) is 19.3 Å².